The monoisotopic (exact) mass is 509 g/mol. The number of hydrogen-bond acceptors (Lipinski definition) is 6. The summed E-state index contributed by atoms with van der Waals surface area (Å²) in [5.74, 6) is 0.295. The number of ether oxygens (including phenoxy) is 2. The minimum atomic E-state index is -4.06. The third-order valence-corrected chi connectivity index (χ3v) is 7.30. The fraction of sp³-hybridized carbons (Fsp3) is 0.231. The van der Waals surface area contributed by atoms with Crippen LogP contribution in [-0.4, -0.2) is 40.5 Å². The predicted octanol–water partition coefficient (Wildman–Crippen LogP) is 3.12. The minimum absolute atomic E-state index is 0.0226. The first kappa shape index (κ1) is 25.2. The van der Waals surface area contributed by atoms with Gasteiger partial charge in [0.15, 0.2) is 11.5 Å². The van der Waals surface area contributed by atoms with Gasteiger partial charge in [-0.3, -0.25) is 9.59 Å². The van der Waals surface area contributed by atoms with Gasteiger partial charge in [-0.15, -0.1) is 0 Å². The fourth-order valence-electron chi connectivity index (χ4n) is 3.96. The molecule has 0 saturated carbocycles. The van der Waals surface area contributed by atoms with Gasteiger partial charge >= 0.3 is 0 Å². The number of aryl methyl sites for hydroxylation is 1. The van der Waals surface area contributed by atoms with E-state index in [1.165, 1.54) is 26.4 Å². The largest absolute Gasteiger partial charge is 0.493 e. The first-order valence-electron chi connectivity index (χ1n) is 11.3. The van der Waals surface area contributed by atoms with Gasteiger partial charge in [-0.2, -0.15) is 4.72 Å². The van der Waals surface area contributed by atoms with E-state index in [1.54, 1.807) is 24.3 Å². The first-order valence-corrected chi connectivity index (χ1v) is 12.8. The van der Waals surface area contributed by atoms with E-state index < -0.39 is 22.0 Å². The summed E-state index contributed by atoms with van der Waals surface area (Å²) in [5, 5.41) is 5.51. The molecule has 3 aromatic carbocycles. The molecule has 1 atom stereocenters. The molecule has 0 spiro atoms. The summed E-state index contributed by atoms with van der Waals surface area (Å²) in [4.78, 5) is 24.9. The van der Waals surface area contributed by atoms with Gasteiger partial charge in [0.2, 0.25) is 21.8 Å². The van der Waals surface area contributed by atoms with Crippen molar-refractivity contribution in [3.8, 4) is 11.5 Å². The maximum absolute atomic E-state index is 13.3. The number of methoxy groups -OCH3 is 2. The molecule has 10 heteroatoms. The molecule has 3 aromatic rings. The highest BCUT2D eigenvalue weighted by Gasteiger charge is 2.28. The molecule has 0 fully saturated rings. The van der Waals surface area contributed by atoms with E-state index >= 15 is 0 Å². The van der Waals surface area contributed by atoms with Crippen LogP contribution < -0.4 is 24.8 Å². The normalized spacial score (nSPS) is 13.8. The van der Waals surface area contributed by atoms with E-state index in [-0.39, 0.29) is 23.6 Å². The summed E-state index contributed by atoms with van der Waals surface area (Å²) in [7, 11) is -1.06. The van der Waals surface area contributed by atoms with E-state index in [1.807, 2.05) is 30.3 Å². The van der Waals surface area contributed by atoms with Crippen LogP contribution in [0.1, 0.15) is 17.5 Å². The predicted molar refractivity (Wildman–Crippen MR) is 136 cm³/mol. The molecule has 2 amide bonds. The van der Waals surface area contributed by atoms with Crippen LogP contribution >= 0.6 is 0 Å². The lowest BCUT2D eigenvalue weighted by atomic mass is 10.0. The van der Waals surface area contributed by atoms with Crippen molar-refractivity contribution in [1.29, 1.82) is 0 Å². The van der Waals surface area contributed by atoms with E-state index in [2.05, 4.69) is 15.4 Å². The zero-order valence-electron chi connectivity index (χ0n) is 19.9. The Balaban J connectivity index is 1.59. The summed E-state index contributed by atoms with van der Waals surface area (Å²) in [6.07, 6.45) is 0.867. The van der Waals surface area contributed by atoms with Crippen molar-refractivity contribution in [2.24, 2.45) is 0 Å². The van der Waals surface area contributed by atoms with E-state index in [0.29, 0.717) is 29.3 Å². The summed E-state index contributed by atoms with van der Waals surface area (Å²) in [5.41, 5.74) is 2.55. The van der Waals surface area contributed by atoms with Gasteiger partial charge in [0, 0.05) is 23.9 Å². The maximum atomic E-state index is 13.3. The van der Waals surface area contributed by atoms with Crippen molar-refractivity contribution < 1.29 is 27.5 Å². The molecule has 0 saturated heterocycles. The minimum Gasteiger partial charge on any atom is -0.493 e. The molecule has 0 aromatic heterocycles. The topological polar surface area (TPSA) is 123 Å². The first-order chi connectivity index (χ1) is 17.3. The number of fused-ring (bicyclic) bond motifs is 1. The average molecular weight is 510 g/mol. The van der Waals surface area contributed by atoms with Crippen molar-refractivity contribution >= 4 is 33.2 Å². The van der Waals surface area contributed by atoms with Crippen molar-refractivity contribution in [3.63, 3.8) is 0 Å². The van der Waals surface area contributed by atoms with Crippen molar-refractivity contribution in [2.45, 2.75) is 30.2 Å². The summed E-state index contributed by atoms with van der Waals surface area (Å²) in [6.45, 7) is 0. The fourth-order valence-corrected chi connectivity index (χ4v) is 5.21. The highest BCUT2D eigenvalue weighted by molar-refractivity contribution is 7.89. The second kappa shape index (κ2) is 10.8. The molecule has 0 radical (unpaired) electrons. The van der Waals surface area contributed by atoms with Crippen molar-refractivity contribution in [2.75, 3.05) is 24.9 Å². The van der Waals surface area contributed by atoms with Gasteiger partial charge in [-0.25, -0.2) is 8.42 Å². The Morgan fingerprint density at radius 3 is 2.44 bits per heavy atom. The summed E-state index contributed by atoms with van der Waals surface area (Å²) in [6, 6.07) is 17.5. The molecule has 188 valence electrons. The SMILES string of the molecule is COc1ccc(NC(=O)C(Cc2ccccc2)NS(=O)(=O)c2ccc3c(c2)CCC(=O)N3)cc1OC. The standard InChI is InChI=1S/C26H27N3O6S/c1-34-23-12-9-19(16-24(23)35-2)27-26(31)22(14-17-6-4-3-5-7-17)29-36(32,33)20-10-11-21-18(15-20)8-13-25(30)28-21/h3-7,9-12,15-16,22,29H,8,13-14H2,1-2H3,(H,27,31)(H,28,30). The van der Waals surface area contributed by atoms with Crippen LogP contribution in [0.4, 0.5) is 11.4 Å². The van der Waals surface area contributed by atoms with Gasteiger partial charge in [0.1, 0.15) is 6.04 Å². The Morgan fingerprint density at radius 1 is 0.972 bits per heavy atom. The number of amides is 2. The number of hydrogen-bond donors (Lipinski definition) is 3. The Kier molecular flexibility index (Phi) is 7.56. The van der Waals surface area contributed by atoms with Crippen molar-refractivity contribution in [1.82, 2.24) is 4.72 Å². The summed E-state index contributed by atoms with van der Waals surface area (Å²) >= 11 is 0. The Morgan fingerprint density at radius 2 is 1.72 bits per heavy atom. The second-order valence-electron chi connectivity index (χ2n) is 8.29. The Hall–Kier alpha value is -3.89. The molecule has 1 heterocycles. The maximum Gasteiger partial charge on any atom is 0.242 e. The number of anilines is 2. The van der Waals surface area contributed by atoms with Gasteiger partial charge in [-0.1, -0.05) is 30.3 Å². The Bertz CT molecular complexity index is 1380. The van der Waals surface area contributed by atoms with Crippen molar-refractivity contribution in [3.05, 3.63) is 77.9 Å². The third-order valence-electron chi connectivity index (χ3n) is 5.83. The molecule has 3 N–H and O–H groups in total. The van der Waals surface area contributed by atoms with Crippen LogP contribution in [0.15, 0.2) is 71.6 Å². The number of benzene rings is 3. The zero-order valence-corrected chi connectivity index (χ0v) is 20.7. The lowest BCUT2D eigenvalue weighted by Crippen LogP contribution is -2.45. The molecular weight excluding hydrogens is 482 g/mol. The van der Waals surface area contributed by atoms with Crippen LogP contribution in [-0.2, 0) is 32.5 Å². The molecule has 1 aliphatic heterocycles. The van der Waals surface area contributed by atoms with Crippen LogP contribution in [0.2, 0.25) is 0 Å². The Labute approximate surface area is 209 Å². The molecule has 9 nitrogen and oxygen atoms in total. The molecule has 4 rings (SSSR count). The second-order valence-corrected chi connectivity index (χ2v) is 10.0. The number of carbonyl (C=O) groups excluding carboxylic acids is 2. The van der Waals surface area contributed by atoms with E-state index in [0.717, 1.165) is 11.1 Å². The average Bonchev–Trinajstić information content (AvgIpc) is 2.88. The number of nitrogens with one attached hydrogen (secondary N) is 3. The highest BCUT2D eigenvalue weighted by atomic mass is 32.2. The lowest BCUT2D eigenvalue weighted by molar-refractivity contribution is -0.118. The smallest absolute Gasteiger partial charge is 0.242 e. The van der Waals surface area contributed by atoms with Gasteiger partial charge in [-0.05, 0) is 54.3 Å². The molecule has 0 bridgehead atoms. The van der Waals surface area contributed by atoms with Crippen LogP contribution in [0.25, 0.3) is 0 Å². The highest BCUT2D eigenvalue weighted by Crippen LogP contribution is 2.30. The third kappa shape index (κ3) is 5.84. The quantitative estimate of drug-likeness (QED) is 0.407. The van der Waals surface area contributed by atoms with Gasteiger partial charge in [0.05, 0.1) is 19.1 Å². The molecule has 36 heavy (non-hydrogen) atoms. The van der Waals surface area contributed by atoms with E-state index in [4.69, 9.17) is 9.47 Å². The number of rotatable bonds is 9. The number of carbonyl (C=O) groups is 2. The van der Waals surface area contributed by atoms with Crippen LogP contribution in [0.5, 0.6) is 11.5 Å². The van der Waals surface area contributed by atoms with Gasteiger partial charge in [0.25, 0.3) is 0 Å². The zero-order chi connectivity index (χ0) is 25.7. The molecular formula is C26H27N3O6S. The number of sulfonamides is 1. The lowest BCUT2D eigenvalue weighted by Gasteiger charge is -2.21. The summed E-state index contributed by atoms with van der Waals surface area (Å²) < 4.78 is 39.7. The van der Waals surface area contributed by atoms with Gasteiger partial charge < -0.3 is 20.1 Å². The van der Waals surface area contributed by atoms with Crippen LogP contribution in [0, 0.1) is 0 Å². The van der Waals surface area contributed by atoms with Crippen LogP contribution in [0.3, 0.4) is 0 Å². The molecule has 1 unspecified atom stereocenters. The molecule has 1 aliphatic rings. The van der Waals surface area contributed by atoms with E-state index in [9.17, 15) is 18.0 Å². The molecule has 0 aliphatic carbocycles.